The minimum absolute atomic E-state index is 0.0641. The molecular weight excluding hydrogens is 220 g/mol. The summed E-state index contributed by atoms with van der Waals surface area (Å²) < 4.78 is 16.2. The van der Waals surface area contributed by atoms with Crippen molar-refractivity contribution in [2.24, 2.45) is 0 Å². The number of nitrogens with zero attached hydrogens (tertiary/aromatic N) is 1. The molecule has 1 aliphatic rings. The number of ether oxygens (including phenoxy) is 3. The van der Waals surface area contributed by atoms with E-state index < -0.39 is 0 Å². The van der Waals surface area contributed by atoms with Crippen molar-refractivity contribution < 1.29 is 14.2 Å². The van der Waals surface area contributed by atoms with Crippen molar-refractivity contribution in [2.75, 3.05) is 27.4 Å². The second-order valence-corrected chi connectivity index (χ2v) is 3.84. The van der Waals surface area contributed by atoms with E-state index in [1.54, 1.807) is 13.3 Å². The van der Waals surface area contributed by atoms with Gasteiger partial charge < -0.3 is 19.5 Å². The summed E-state index contributed by atoms with van der Waals surface area (Å²) in [5.74, 6) is 0.782. The van der Waals surface area contributed by atoms with Gasteiger partial charge in [0.05, 0.1) is 32.1 Å². The number of hydrogen-bond acceptors (Lipinski definition) is 5. The maximum Gasteiger partial charge on any atom is 0.159 e. The first-order valence-electron chi connectivity index (χ1n) is 5.74. The summed E-state index contributed by atoms with van der Waals surface area (Å²) in [6.07, 6.45) is 2.33. The molecule has 0 amide bonds. The van der Waals surface area contributed by atoms with Crippen molar-refractivity contribution in [3.63, 3.8) is 0 Å². The van der Waals surface area contributed by atoms with Crippen LogP contribution < -0.4 is 10.1 Å². The van der Waals surface area contributed by atoms with Crippen LogP contribution in [-0.2, 0) is 9.47 Å². The molecule has 2 heterocycles. The van der Waals surface area contributed by atoms with Gasteiger partial charge in [0, 0.05) is 12.6 Å². The molecule has 0 radical (unpaired) electrons. The highest BCUT2D eigenvalue weighted by Gasteiger charge is 2.24. The summed E-state index contributed by atoms with van der Waals surface area (Å²) in [5, 5.41) is 3.22. The summed E-state index contributed by atoms with van der Waals surface area (Å²) in [6, 6.07) is 3.83. The normalized spacial score (nSPS) is 18.2. The van der Waals surface area contributed by atoms with Crippen LogP contribution in [0.15, 0.2) is 18.3 Å². The van der Waals surface area contributed by atoms with Gasteiger partial charge in [-0.25, -0.2) is 0 Å². The Kier molecular flexibility index (Phi) is 4.30. The summed E-state index contributed by atoms with van der Waals surface area (Å²) in [4.78, 5) is 4.36. The van der Waals surface area contributed by atoms with E-state index in [-0.39, 0.29) is 12.3 Å². The molecule has 1 aromatic rings. The standard InChI is InChI=1S/C12H18N2O3/c1-13-9(8-11-16-6-7-17-11)12-10(15-2)4-3-5-14-12/h3-5,9,11,13H,6-8H2,1-2H3. The van der Waals surface area contributed by atoms with Crippen molar-refractivity contribution in [3.8, 4) is 5.75 Å². The lowest BCUT2D eigenvalue weighted by atomic mass is 10.1. The van der Waals surface area contributed by atoms with E-state index in [4.69, 9.17) is 14.2 Å². The van der Waals surface area contributed by atoms with Crippen molar-refractivity contribution >= 4 is 0 Å². The molecule has 0 aliphatic carbocycles. The highest BCUT2D eigenvalue weighted by atomic mass is 16.7. The third-order valence-corrected chi connectivity index (χ3v) is 2.82. The van der Waals surface area contributed by atoms with Gasteiger partial charge in [-0.15, -0.1) is 0 Å². The largest absolute Gasteiger partial charge is 0.495 e. The van der Waals surface area contributed by atoms with Gasteiger partial charge in [-0.3, -0.25) is 4.98 Å². The van der Waals surface area contributed by atoms with Gasteiger partial charge in [0.2, 0.25) is 0 Å². The lowest BCUT2D eigenvalue weighted by molar-refractivity contribution is -0.0529. The second kappa shape index (κ2) is 5.95. The van der Waals surface area contributed by atoms with E-state index in [2.05, 4.69) is 10.3 Å². The summed E-state index contributed by atoms with van der Waals surface area (Å²) in [5.41, 5.74) is 0.886. The van der Waals surface area contributed by atoms with Crippen molar-refractivity contribution in [1.82, 2.24) is 10.3 Å². The average Bonchev–Trinajstić information content (AvgIpc) is 2.89. The lowest BCUT2D eigenvalue weighted by Gasteiger charge is -2.20. The van der Waals surface area contributed by atoms with Gasteiger partial charge >= 0.3 is 0 Å². The van der Waals surface area contributed by atoms with Crippen molar-refractivity contribution in [3.05, 3.63) is 24.0 Å². The topological polar surface area (TPSA) is 52.6 Å². The van der Waals surface area contributed by atoms with Crippen LogP contribution in [0, 0.1) is 0 Å². The predicted molar refractivity (Wildman–Crippen MR) is 62.9 cm³/mol. The first kappa shape index (κ1) is 12.3. The van der Waals surface area contributed by atoms with Crippen LogP contribution in [0.4, 0.5) is 0 Å². The van der Waals surface area contributed by atoms with Crippen LogP contribution in [0.1, 0.15) is 18.2 Å². The molecule has 0 bridgehead atoms. The Hall–Kier alpha value is -1.17. The quantitative estimate of drug-likeness (QED) is 0.833. The third-order valence-electron chi connectivity index (χ3n) is 2.82. The van der Waals surface area contributed by atoms with E-state index in [1.165, 1.54) is 0 Å². The van der Waals surface area contributed by atoms with Gasteiger partial charge in [-0.05, 0) is 19.2 Å². The number of aromatic nitrogens is 1. The Morgan fingerprint density at radius 2 is 2.29 bits per heavy atom. The summed E-state index contributed by atoms with van der Waals surface area (Å²) in [6.45, 7) is 1.33. The average molecular weight is 238 g/mol. The fourth-order valence-corrected chi connectivity index (χ4v) is 1.94. The van der Waals surface area contributed by atoms with Crippen LogP contribution in [-0.4, -0.2) is 38.6 Å². The van der Waals surface area contributed by atoms with E-state index in [0.29, 0.717) is 13.2 Å². The number of nitrogens with one attached hydrogen (secondary N) is 1. The molecule has 17 heavy (non-hydrogen) atoms. The van der Waals surface area contributed by atoms with Crippen LogP contribution in [0.2, 0.25) is 0 Å². The van der Waals surface area contributed by atoms with Crippen LogP contribution >= 0.6 is 0 Å². The van der Waals surface area contributed by atoms with Gasteiger partial charge in [0.1, 0.15) is 5.75 Å². The highest BCUT2D eigenvalue weighted by molar-refractivity contribution is 5.29. The third kappa shape index (κ3) is 2.94. The molecule has 1 fully saturated rings. The van der Waals surface area contributed by atoms with Gasteiger partial charge in [-0.1, -0.05) is 0 Å². The Bertz CT molecular complexity index is 353. The van der Waals surface area contributed by atoms with Crippen LogP contribution in [0.5, 0.6) is 5.75 Å². The molecule has 0 spiro atoms. The second-order valence-electron chi connectivity index (χ2n) is 3.84. The fourth-order valence-electron chi connectivity index (χ4n) is 1.94. The van der Waals surface area contributed by atoms with E-state index in [1.807, 2.05) is 19.2 Å². The van der Waals surface area contributed by atoms with Crippen LogP contribution in [0.3, 0.4) is 0 Å². The minimum atomic E-state index is -0.154. The molecule has 5 nitrogen and oxygen atoms in total. The Balaban J connectivity index is 2.10. The molecule has 0 saturated carbocycles. The van der Waals surface area contributed by atoms with E-state index in [0.717, 1.165) is 17.9 Å². The SMILES string of the molecule is CNC(CC1OCCO1)c1ncccc1OC. The molecule has 1 aromatic heterocycles. The number of hydrogen-bond donors (Lipinski definition) is 1. The molecule has 1 unspecified atom stereocenters. The smallest absolute Gasteiger partial charge is 0.159 e. The monoisotopic (exact) mass is 238 g/mol. The molecule has 1 saturated heterocycles. The zero-order chi connectivity index (χ0) is 12.1. The Morgan fingerprint density at radius 1 is 1.53 bits per heavy atom. The molecule has 0 aromatic carbocycles. The Morgan fingerprint density at radius 3 is 2.94 bits per heavy atom. The summed E-state index contributed by atoms with van der Waals surface area (Å²) >= 11 is 0. The molecule has 2 rings (SSSR count). The molecule has 94 valence electrons. The van der Waals surface area contributed by atoms with Gasteiger partial charge in [0.15, 0.2) is 6.29 Å². The van der Waals surface area contributed by atoms with Gasteiger partial charge in [-0.2, -0.15) is 0 Å². The van der Waals surface area contributed by atoms with E-state index >= 15 is 0 Å². The molecule has 1 atom stereocenters. The molecule has 5 heteroatoms. The van der Waals surface area contributed by atoms with E-state index in [9.17, 15) is 0 Å². The van der Waals surface area contributed by atoms with Gasteiger partial charge in [0.25, 0.3) is 0 Å². The maximum atomic E-state index is 5.45. The van der Waals surface area contributed by atoms with Crippen molar-refractivity contribution in [1.29, 1.82) is 0 Å². The fraction of sp³-hybridized carbons (Fsp3) is 0.583. The van der Waals surface area contributed by atoms with Crippen LogP contribution in [0.25, 0.3) is 0 Å². The van der Waals surface area contributed by atoms with Crippen molar-refractivity contribution in [2.45, 2.75) is 18.8 Å². The zero-order valence-corrected chi connectivity index (χ0v) is 10.2. The zero-order valence-electron chi connectivity index (χ0n) is 10.2. The minimum Gasteiger partial charge on any atom is -0.495 e. The number of rotatable bonds is 5. The molecule has 1 N–H and O–H groups in total. The number of pyridine rings is 1. The lowest BCUT2D eigenvalue weighted by Crippen LogP contribution is -2.24. The molecule has 1 aliphatic heterocycles. The molecular formula is C12H18N2O3. The number of methoxy groups -OCH3 is 1. The first-order valence-corrected chi connectivity index (χ1v) is 5.74. The summed E-state index contributed by atoms with van der Waals surface area (Å²) in [7, 11) is 3.55. The predicted octanol–water partition coefficient (Wildman–Crippen LogP) is 1.11. The first-order chi connectivity index (χ1) is 8.35. The maximum absolute atomic E-state index is 5.45. The Labute approximate surface area is 101 Å². The highest BCUT2D eigenvalue weighted by Crippen LogP contribution is 2.27.